The molecule has 0 saturated carbocycles. The third-order valence-electron chi connectivity index (χ3n) is 4.37. The van der Waals surface area contributed by atoms with Gasteiger partial charge in [0, 0.05) is 5.71 Å². The Morgan fingerprint density at radius 1 is 0.789 bits per heavy atom. The first-order chi connectivity index (χ1) is 9.42. The molecule has 0 bridgehead atoms. The average Bonchev–Trinajstić information content (AvgIpc) is 3.05. The monoisotopic (exact) mass is 247 g/mol. The molecule has 0 radical (unpaired) electrons. The van der Waals surface area contributed by atoms with Crippen molar-refractivity contribution in [3.8, 4) is 0 Å². The number of hydrogen-bond donors (Lipinski definition) is 0. The molecule has 0 heterocycles. The Balaban J connectivity index is 1.72. The van der Waals surface area contributed by atoms with E-state index in [4.69, 9.17) is 4.99 Å². The standard InChI is InChI=1S/C18H17N/c1-3-7-15-13(5-1)9-11-17(15)19-18-12-10-14-6-2-4-8-16(14)18/h1-8,17H,9-12H2. The maximum Gasteiger partial charge on any atom is 0.0758 e. The van der Waals surface area contributed by atoms with Gasteiger partial charge < -0.3 is 0 Å². The summed E-state index contributed by atoms with van der Waals surface area (Å²) in [4.78, 5) is 5.07. The van der Waals surface area contributed by atoms with Gasteiger partial charge in [-0.3, -0.25) is 4.99 Å². The molecule has 1 heteroatoms. The largest absolute Gasteiger partial charge is 0.281 e. The second-order valence-electron chi connectivity index (χ2n) is 5.49. The van der Waals surface area contributed by atoms with E-state index in [-0.39, 0.29) is 0 Å². The molecule has 0 fully saturated rings. The first-order valence-corrected chi connectivity index (χ1v) is 7.14. The zero-order chi connectivity index (χ0) is 12.7. The zero-order valence-electron chi connectivity index (χ0n) is 11.0. The number of nitrogens with zero attached hydrogens (tertiary/aromatic N) is 1. The molecule has 4 rings (SSSR count). The van der Waals surface area contributed by atoms with E-state index >= 15 is 0 Å². The minimum absolute atomic E-state index is 0.386. The molecule has 0 aliphatic heterocycles. The fraction of sp³-hybridized carbons (Fsp3) is 0.278. The molecule has 2 aromatic rings. The summed E-state index contributed by atoms with van der Waals surface area (Å²) in [6.45, 7) is 0. The Kier molecular flexibility index (Phi) is 2.51. The summed E-state index contributed by atoms with van der Waals surface area (Å²) >= 11 is 0. The van der Waals surface area contributed by atoms with Crippen molar-refractivity contribution < 1.29 is 0 Å². The van der Waals surface area contributed by atoms with Crippen LogP contribution in [-0.4, -0.2) is 5.71 Å². The number of hydrogen-bond acceptors (Lipinski definition) is 1. The highest BCUT2D eigenvalue weighted by molar-refractivity contribution is 6.04. The van der Waals surface area contributed by atoms with Crippen LogP contribution in [0.3, 0.4) is 0 Å². The fourth-order valence-corrected chi connectivity index (χ4v) is 3.40. The summed E-state index contributed by atoms with van der Waals surface area (Å²) in [6.07, 6.45) is 4.62. The van der Waals surface area contributed by atoms with Crippen LogP contribution >= 0.6 is 0 Å². The molecule has 2 aromatic carbocycles. The molecule has 0 amide bonds. The molecule has 0 spiro atoms. The normalized spacial score (nSPS) is 22.5. The lowest BCUT2D eigenvalue weighted by Gasteiger charge is -2.08. The molecule has 0 saturated heterocycles. The van der Waals surface area contributed by atoms with Gasteiger partial charge in [0.15, 0.2) is 0 Å². The molecular weight excluding hydrogens is 230 g/mol. The quantitative estimate of drug-likeness (QED) is 0.719. The maximum absolute atomic E-state index is 5.07. The van der Waals surface area contributed by atoms with E-state index in [2.05, 4.69) is 48.5 Å². The minimum Gasteiger partial charge on any atom is -0.281 e. The molecular formula is C18H17N. The van der Waals surface area contributed by atoms with Gasteiger partial charge in [-0.05, 0) is 47.9 Å². The zero-order valence-corrected chi connectivity index (χ0v) is 11.0. The summed E-state index contributed by atoms with van der Waals surface area (Å²) in [5.74, 6) is 0. The van der Waals surface area contributed by atoms with Crippen molar-refractivity contribution in [1.29, 1.82) is 0 Å². The average molecular weight is 247 g/mol. The first-order valence-electron chi connectivity index (χ1n) is 7.14. The third kappa shape index (κ3) is 1.81. The van der Waals surface area contributed by atoms with Gasteiger partial charge in [-0.2, -0.15) is 0 Å². The van der Waals surface area contributed by atoms with Crippen LogP contribution in [-0.2, 0) is 12.8 Å². The summed E-state index contributed by atoms with van der Waals surface area (Å²) in [6, 6.07) is 17.9. The van der Waals surface area contributed by atoms with Crippen molar-refractivity contribution >= 4 is 5.71 Å². The second-order valence-corrected chi connectivity index (χ2v) is 5.49. The highest BCUT2D eigenvalue weighted by atomic mass is 14.8. The van der Waals surface area contributed by atoms with Gasteiger partial charge >= 0.3 is 0 Å². The number of aliphatic imine (C=N–C) groups is 1. The molecule has 94 valence electrons. The minimum atomic E-state index is 0.386. The van der Waals surface area contributed by atoms with Gasteiger partial charge in [0.25, 0.3) is 0 Å². The van der Waals surface area contributed by atoms with Crippen LogP contribution in [0.25, 0.3) is 0 Å². The number of aryl methyl sites for hydroxylation is 2. The third-order valence-corrected chi connectivity index (χ3v) is 4.37. The lowest BCUT2D eigenvalue weighted by Crippen LogP contribution is -1.99. The van der Waals surface area contributed by atoms with Crippen molar-refractivity contribution in [3.63, 3.8) is 0 Å². The van der Waals surface area contributed by atoms with E-state index in [1.165, 1.54) is 40.8 Å². The highest BCUT2D eigenvalue weighted by Gasteiger charge is 2.24. The predicted molar refractivity (Wildman–Crippen MR) is 78.8 cm³/mol. The van der Waals surface area contributed by atoms with Crippen LogP contribution in [0.15, 0.2) is 53.5 Å². The molecule has 0 aromatic heterocycles. The lowest BCUT2D eigenvalue weighted by atomic mass is 10.1. The topological polar surface area (TPSA) is 12.4 Å². The van der Waals surface area contributed by atoms with E-state index in [1.54, 1.807) is 0 Å². The summed E-state index contributed by atoms with van der Waals surface area (Å²) in [5, 5.41) is 0. The SMILES string of the molecule is c1ccc2c(c1)CCC2=NC1CCc2ccccc21. The van der Waals surface area contributed by atoms with Crippen LogP contribution in [0.2, 0.25) is 0 Å². The molecule has 1 nitrogen and oxygen atoms in total. The number of rotatable bonds is 1. The summed E-state index contributed by atoms with van der Waals surface area (Å²) in [7, 11) is 0. The van der Waals surface area contributed by atoms with E-state index < -0.39 is 0 Å². The van der Waals surface area contributed by atoms with Crippen molar-refractivity contribution in [1.82, 2.24) is 0 Å². The first kappa shape index (κ1) is 11.0. The van der Waals surface area contributed by atoms with Gasteiger partial charge in [-0.15, -0.1) is 0 Å². The fourth-order valence-electron chi connectivity index (χ4n) is 3.40. The van der Waals surface area contributed by atoms with E-state index in [0.29, 0.717) is 6.04 Å². The second kappa shape index (κ2) is 4.34. The van der Waals surface area contributed by atoms with Crippen LogP contribution in [0.5, 0.6) is 0 Å². The van der Waals surface area contributed by atoms with E-state index in [9.17, 15) is 0 Å². The van der Waals surface area contributed by atoms with Gasteiger partial charge in [-0.1, -0.05) is 48.5 Å². The van der Waals surface area contributed by atoms with E-state index in [0.717, 1.165) is 12.8 Å². The van der Waals surface area contributed by atoms with E-state index in [1.807, 2.05) is 0 Å². The van der Waals surface area contributed by atoms with Gasteiger partial charge in [-0.25, -0.2) is 0 Å². The van der Waals surface area contributed by atoms with Crippen molar-refractivity contribution in [2.75, 3.05) is 0 Å². The van der Waals surface area contributed by atoms with Crippen LogP contribution in [0.1, 0.15) is 41.1 Å². The Bertz CT molecular complexity index is 654. The van der Waals surface area contributed by atoms with Crippen LogP contribution in [0.4, 0.5) is 0 Å². The van der Waals surface area contributed by atoms with Crippen LogP contribution in [0, 0.1) is 0 Å². The van der Waals surface area contributed by atoms with Crippen molar-refractivity contribution in [2.24, 2.45) is 4.99 Å². The van der Waals surface area contributed by atoms with Gasteiger partial charge in [0.05, 0.1) is 6.04 Å². The molecule has 2 aliphatic rings. The predicted octanol–water partition coefficient (Wildman–Crippen LogP) is 4.11. The summed E-state index contributed by atoms with van der Waals surface area (Å²) < 4.78 is 0. The molecule has 1 unspecified atom stereocenters. The summed E-state index contributed by atoms with van der Waals surface area (Å²) in [5.41, 5.74) is 7.10. The van der Waals surface area contributed by atoms with Crippen LogP contribution < -0.4 is 0 Å². The maximum atomic E-state index is 5.07. The Morgan fingerprint density at radius 2 is 1.58 bits per heavy atom. The lowest BCUT2D eigenvalue weighted by molar-refractivity contribution is 0.714. The molecule has 1 atom stereocenters. The van der Waals surface area contributed by atoms with Crippen molar-refractivity contribution in [2.45, 2.75) is 31.7 Å². The molecule has 0 N–H and O–H groups in total. The van der Waals surface area contributed by atoms with Crippen molar-refractivity contribution in [3.05, 3.63) is 70.8 Å². The number of benzene rings is 2. The Labute approximate surface area is 114 Å². The Morgan fingerprint density at radius 3 is 2.53 bits per heavy atom. The van der Waals surface area contributed by atoms with Gasteiger partial charge in [0.2, 0.25) is 0 Å². The highest BCUT2D eigenvalue weighted by Crippen LogP contribution is 2.35. The van der Waals surface area contributed by atoms with Gasteiger partial charge in [0.1, 0.15) is 0 Å². The molecule has 2 aliphatic carbocycles. The Hall–Kier alpha value is -1.89. The smallest absolute Gasteiger partial charge is 0.0758 e. The number of fused-ring (bicyclic) bond motifs is 2. The molecule has 19 heavy (non-hydrogen) atoms.